The van der Waals surface area contributed by atoms with Gasteiger partial charge in [-0.15, -0.1) is 0 Å². The molecule has 6 heteroatoms. The van der Waals surface area contributed by atoms with Gasteiger partial charge in [0.2, 0.25) is 0 Å². The highest BCUT2D eigenvalue weighted by molar-refractivity contribution is 9.10. The first kappa shape index (κ1) is 12.5. The summed E-state index contributed by atoms with van der Waals surface area (Å²) in [4.78, 5) is 21.1. The van der Waals surface area contributed by atoms with Crippen LogP contribution in [-0.2, 0) is 16.1 Å². The standard InChI is InChI=1S/C10H10BrNO4/c1-16-8-3-2-7(11)4-6(8)5-12-9(13)10(14)15/h2-4H,5H2,1H3,(H,12,13)(H,14,15). The molecule has 1 rings (SSSR count). The summed E-state index contributed by atoms with van der Waals surface area (Å²) in [5.41, 5.74) is 0.700. The van der Waals surface area contributed by atoms with Gasteiger partial charge in [0.25, 0.3) is 0 Å². The lowest BCUT2D eigenvalue weighted by Crippen LogP contribution is -2.30. The zero-order valence-electron chi connectivity index (χ0n) is 8.49. The molecule has 0 fully saturated rings. The minimum absolute atomic E-state index is 0.105. The first-order chi connectivity index (χ1) is 7.54. The summed E-state index contributed by atoms with van der Waals surface area (Å²) in [5, 5.41) is 10.6. The number of carboxylic acid groups (broad SMARTS) is 1. The van der Waals surface area contributed by atoms with E-state index >= 15 is 0 Å². The van der Waals surface area contributed by atoms with Gasteiger partial charge in [0.05, 0.1) is 7.11 Å². The van der Waals surface area contributed by atoms with E-state index < -0.39 is 11.9 Å². The third-order valence-corrected chi connectivity index (χ3v) is 2.37. The molecule has 1 amide bonds. The van der Waals surface area contributed by atoms with Gasteiger partial charge in [0.15, 0.2) is 0 Å². The Kier molecular flexibility index (Phi) is 4.30. The largest absolute Gasteiger partial charge is 0.496 e. The highest BCUT2D eigenvalue weighted by atomic mass is 79.9. The van der Waals surface area contributed by atoms with Gasteiger partial charge in [-0.3, -0.25) is 4.79 Å². The number of rotatable bonds is 3. The normalized spacial score (nSPS) is 9.62. The summed E-state index contributed by atoms with van der Waals surface area (Å²) < 4.78 is 5.90. The van der Waals surface area contributed by atoms with Crippen molar-refractivity contribution in [1.29, 1.82) is 0 Å². The highest BCUT2D eigenvalue weighted by Crippen LogP contribution is 2.22. The Bertz CT molecular complexity index is 419. The SMILES string of the molecule is COc1ccc(Br)cc1CNC(=O)C(=O)O. The number of methoxy groups -OCH3 is 1. The fourth-order valence-corrected chi connectivity index (χ4v) is 1.54. The molecule has 0 aliphatic heterocycles. The first-order valence-corrected chi connectivity index (χ1v) is 5.17. The van der Waals surface area contributed by atoms with E-state index in [-0.39, 0.29) is 6.54 Å². The molecular formula is C10H10BrNO4. The smallest absolute Gasteiger partial charge is 0.394 e. The number of carboxylic acids is 1. The summed E-state index contributed by atoms with van der Waals surface area (Å²) in [6.07, 6.45) is 0. The van der Waals surface area contributed by atoms with Gasteiger partial charge < -0.3 is 15.2 Å². The van der Waals surface area contributed by atoms with Crippen molar-refractivity contribution in [3.8, 4) is 5.75 Å². The highest BCUT2D eigenvalue weighted by Gasteiger charge is 2.11. The van der Waals surface area contributed by atoms with Crippen LogP contribution in [0.25, 0.3) is 0 Å². The Morgan fingerprint density at radius 3 is 2.75 bits per heavy atom. The van der Waals surface area contributed by atoms with Gasteiger partial charge in [-0.2, -0.15) is 0 Å². The number of ether oxygens (including phenoxy) is 1. The van der Waals surface area contributed by atoms with Crippen LogP contribution in [0, 0.1) is 0 Å². The van der Waals surface area contributed by atoms with Crippen LogP contribution in [0.1, 0.15) is 5.56 Å². The number of carbonyl (C=O) groups excluding carboxylic acids is 1. The Morgan fingerprint density at radius 1 is 1.50 bits per heavy atom. The van der Waals surface area contributed by atoms with Gasteiger partial charge >= 0.3 is 11.9 Å². The van der Waals surface area contributed by atoms with Crippen LogP contribution in [0.15, 0.2) is 22.7 Å². The van der Waals surface area contributed by atoms with Crippen molar-refractivity contribution in [2.75, 3.05) is 7.11 Å². The second kappa shape index (κ2) is 5.50. The second-order valence-corrected chi connectivity index (χ2v) is 3.86. The zero-order chi connectivity index (χ0) is 12.1. The first-order valence-electron chi connectivity index (χ1n) is 4.38. The number of nitrogens with one attached hydrogen (secondary N) is 1. The third kappa shape index (κ3) is 3.23. The second-order valence-electron chi connectivity index (χ2n) is 2.94. The predicted octanol–water partition coefficient (Wildman–Crippen LogP) is 1.16. The van der Waals surface area contributed by atoms with Crippen LogP contribution in [0.3, 0.4) is 0 Å². The van der Waals surface area contributed by atoms with E-state index in [0.29, 0.717) is 11.3 Å². The van der Waals surface area contributed by atoms with Crippen LogP contribution in [0.5, 0.6) is 5.75 Å². The van der Waals surface area contributed by atoms with Crippen LogP contribution in [0.4, 0.5) is 0 Å². The Balaban J connectivity index is 2.76. The molecule has 0 heterocycles. The number of halogens is 1. The minimum atomic E-state index is -1.51. The molecule has 0 aliphatic carbocycles. The molecular weight excluding hydrogens is 278 g/mol. The number of hydrogen-bond donors (Lipinski definition) is 2. The lowest BCUT2D eigenvalue weighted by molar-refractivity contribution is -0.150. The molecule has 16 heavy (non-hydrogen) atoms. The summed E-state index contributed by atoms with van der Waals surface area (Å²) in [5.74, 6) is -1.95. The van der Waals surface area contributed by atoms with E-state index in [1.807, 2.05) is 0 Å². The van der Waals surface area contributed by atoms with Crippen molar-refractivity contribution in [2.45, 2.75) is 6.54 Å². The van der Waals surface area contributed by atoms with Crippen molar-refractivity contribution in [3.05, 3.63) is 28.2 Å². The van der Waals surface area contributed by atoms with E-state index in [1.165, 1.54) is 7.11 Å². The van der Waals surface area contributed by atoms with Gasteiger partial charge in [0.1, 0.15) is 5.75 Å². The summed E-state index contributed by atoms with van der Waals surface area (Å²) in [6.45, 7) is 0.105. The van der Waals surface area contributed by atoms with Crippen molar-refractivity contribution in [3.63, 3.8) is 0 Å². The van der Waals surface area contributed by atoms with Gasteiger partial charge in [0, 0.05) is 16.6 Å². The zero-order valence-corrected chi connectivity index (χ0v) is 10.1. The number of benzene rings is 1. The summed E-state index contributed by atoms with van der Waals surface area (Å²) >= 11 is 3.28. The molecule has 0 saturated carbocycles. The van der Waals surface area contributed by atoms with E-state index in [1.54, 1.807) is 18.2 Å². The molecule has 0 unspecified atom stereocenters. The maximum absolute atomic E-state index is 10.8. The number of aliphatic carboxylic acids is 1. The van der Waals surface area contributed by atoms with Crippen LogP contribution in [0.2, 0.25) is 0 Å². The fraction of sp³-hybridized carbons (Fsp3) is 0.200. The molecule has 0 bridgehead atoms. The Morgan fingerprint density at radius 2 is 2.19 bits per heavy atom. The lowest BCUT2D eigenvalue weighted by atomic mass is 10.2. The van der Waals surface area contributed by atoms with Gasteiger partial charge in [-0.1, -0.05) is 15.9 Å². The van der Waals surface area contributed by atoms with E-state index in [2.05, 4.69) is 21.2 Å². The summed E-state index contributed by atoms with van der Waals surface area (Å²) in [6, 6.07) is 5.27. The van der Waals surface area contributed by atoms with Crippen LogP contribution >= 0.6 is 15.9 Å². The molecule has 86 valence electrons. The maximum Gasteiger partial charge on any atom is 0.394 e. The quantitative estimate of drug-likeness (QED) is 0.818. The number of carbonyl (C=O) groups is 2. The molecule has 0 saturated heterocycles. The molecule has 0 aliphatic rings. The number of amides is 1. The minimum Gasteiger partial charge on any atom is -0.496 e. The van der Waals surface area contributed by atoms with Crippen molar-refractivity contribution < 1.29 is 19.4 Å². The third-order valence-electron chi connectivity index (χ3n) is 1.88. The van der Waals surface area contributed by atoms with Gasteiger partial charge in [-0.05, 0) is 18.2 Å². The molecule has 1 aromatic rings. The predicted molar refractivity (Wildman–Crippen MR) is 60.2 cm³/mol. The van der Waals surface area contributed by atoms with E-state index in [4.69, 9.17) is 9.84 Å². The van der Waals surface area contributed by atoms with Crippen molar-refractivity contribution in [1.82, 2.24) is 5.32 Å². The van der Waals surface area contributed by atoms with Crippen molar-refractivity contribution >= 4 is 27.8 Å². The molecule has 5 nitrogen and oxygen atoms in total. The van der Waals surface area contributed by atoms with Gasteiger partial charge in [-0.25, -0.2) is 4.79 Å². The molecule has 2 N–H and O–H groups in total. The van der Waals surface area contributed by atoms with E-state index in [9.17, 15) is 9.59 Å². The topological polar surface area (TPSA) is 75.6 Å². The molecule has 0 spiro atoms. The summed E-state index contributed by atoms with van der Waals surface area (Å²) in [7, 11) is 1.51. The Labute approximate surface area is 101 Å². The van der Waals surface area contributed by atoms with Crippen LogP contribution < -0.4 is 10.1 Å². The molecule has 1 aromatic carbocycles. The molecule has 0 aromatic heterocycles. The lowest BCUT2D eigenvalue weighted by Gasteiger charge is -2.09. The fourth-order valence-electron chi connectivity index (χ4n) is 1.14. The average Bonchev–Trinajstić information content (AvgIpc) is 2.25. The monoisotopic (exact) mass is 287 g/mol. The molecule has 0 radical (unpaired) electrons. The Hall–Kier alpha value is -1.56. The molecule has 0 atom stereocenters. The average molecular weight is 288 g/mol. The van der Waals surface area contributed by atoms with Crippen LogP contribution in [-0.4, -0.2) is 24.1 Å². The van der Waals surface area contributed by atoms with E-state index in [0.717, 1.165) is 4.47 Å². The van der Waals surface area contributed by atoms with Crippen molar-refractivity contribution in [2.24, 2.45) is 0 Å². The maximum atomic E-state index is 10.8. The number of hydrogen-bond acceptors (Lipinski definition) is 3.